The number of nitrogens with one attached hydrogen (secondary N) is 2. The fourth-order valence-corrected chi connectivity index (χ4v) is 3.44. The molecule has 1 aliphatic heterocycles. The number of rotatable bonds is 7. The van der Waals surface area contributed by atoms with Gasteiger partial charge in [0.15, 0.2) is 5.96 Å². The normalized spacial score (nSPS) is 15.3. The molecule has 6 heteroatoms. The molecule has 0 radical (unpaired) electrons. The van der Waals surface area contributed by atoms with Crippen LogP contribution in [0.1, 0.15) is 22.3 Å². The third-order valence-electron chi connectivity index (χ3n) is 5.21. The number of aryl methyl sites for hydroxylation is 1. The van der Waals surface area contributed by atoms with Crippen molar-refractivity contribution < 1.29 is 9.13 Å². The zero-order chi connectivity index (χ0) is 20.5. The Hall–Kier alpha value is -2.44. The molecule has 0 spiro atoms. The van der Waals surface area contributed by atoms with Crippen molar-refractivity contribution >= 4 is 5.96 Å². The van der Waals surface area contributed by atoms with Gasteiger partial charge in [-0.1, -0.05) is 30.3 Å². The molecule has 5 nitrogen and oxygen atoms in total. The van der Waals surface area contributed by atoms with E-state index in [1.165, 1.54) is 17.2 Å². The number of aliphatic imine (C=N–C) groups is 1. The topological polar surface area (TPSA) is 48.9 Å². The first-order chi connectivity index (χ1) is 14.1. The van der Waals surface area contributed by atoms with Crippen molar-refractivity contribution in [3.63, 3.8) is 0 Å². The Balaban J connectivity index is 1.41. The minimum Gasteiger partial charge on any atom is -0.379 e. The molecule has 2 N–H and O–H groups in total. The smallest absolute Gasteiger partial charge is 0.191 e. The largest absolute Gasteiger partial charge is 0.379 e. The average molecular weight is 399 g/mol. The number of ether oxygens (including phenoxy) is 1. The van der Waals surface area contributed by atoms with Gasteiger partial charge in [-0.25, -0.2) is 4.39 Å². The standard InChI is InChI=1S/C23H31FN4O/c1-18-15-22(24)8-7-21(18)9-10-26-23(25-2)27-16-19-3-5-20(6-4-19)17-28-11-13-29-14-12-28/h3-8,15H,9-14,16-17H2,1-2H3,(H2,25,26,27). The van der Waals surface area contributed by atoms with Crippen LogP contribution in [-0.4, -0.2) is 50.8 Å². The Kier molecular flexibility index (Phi) is 8.02. The number of hydrogen-bond acceptors (Lipinski definition) is 3. The fraction of sp³-hybridized carbons (Fsp3) is 0.435. The summed E-state index contributed by atoms with van der Waals surface area (Å²) in [4.78, 5) is 6.70. The molecule has 0 amide bonds. The van der Waals surface area contributed by atoms with Crippen molar-refractivity contribution in [3.8, 4) is 0 Å². The quantitative estimate of drug-likeness (QED) is 0.556. The van der Waals surface area contributed by atoms with Crippen LogP contribution in [0.2, 0.25) is 0 Å². The SMILES string of the molecule is CN=C(NCCc1ccc(F)cc1C)NCc1ccc(CN2CCOCC2)cc1. The van der Waals surface area contributed by atoms with Crippen molar-refractivity contribution in [3.05, 3.63) is 70.5 Å². The molecule has 3 rings (SSSR count). The predicted molar refractivity (Wildman–Crippen MR) is 116 cm³/mol. The van der Waals surface area contributed by atoms with Gasteiger partial charge in [0.05, 0.1) is 13.2 Å². The first kappa shape index (κ1) is 21.3. The molecule has 2 aromatic rings. The average Bonchev–Trinajstić information content (AvgIpc) is 2.74. The second-order valence-corrected chi connectivity index (χ2v) is 7.38. The Morgan fingerprint density at radius 2 is 1.79 bits per heavy atom. The number of benzene rings is 2. The highest BCUT2D eigenvalue weighted by atomic mass is 19.1. The summed E-state index contributed by atoms with van der Waals surface area (Å²) in [6.45, 7) is 8.03. The van der Waals surface area contributed by atoms with Crippen LogP contribution < -0.4 is 10.6 Å². The van der Waals surface area contributed by atoms with Crippen molar-refractivity contribution in [1.82, 2.24) is 15.5 Å². The van der Waals surface area contributed by atoms with Gasteiger partial charge in [0.1, 0.15) is 5.82 Å². The maximum Gasteiger partial charge on any atom is 0.191 e. The summed E-state index contributed by atoms with van der Waals surface area (Å²) < 4.78 is 18.6. The minimum absolute atomic E-state index is 0.187. The summed E-state index contributed by atoms with van der Waals surface area (Å²) in [7, 11) is 1.77. The van der Waals surface area contributed by atoms with Crippen LogP contribution in [0.5, 0.6) is 0 Å². The number of hydrogen-bond donors (Lipinski definition) is 2. The Bertz CT molecular complexity index is 801. The Morgan fingerprint density at radius 3 is 2.48 bits per heavy atom. The van der Waals surface area contributed by atoms with E-state index in [4.69, 9.17) is 4.74 Å². The Morgan fingerprint density at radius 1 is 1.07 bits per heavy atom. The number of guanidine groups is 1. The van der Waals surface area contributed by atoms with Gasteiger partial charge < -0.3 is 15.4 Å². The second kappa shape index (κ2) is 10.9. The van der Waals surface area contributed by atoms with Gasteiger partial charge in [-0.2, -0.15) is 0 Å². The molecule has 1 saturated heterocycles. The third-order valence-corrected chi connectivity index (χ3v) is 5.21. The van der Waals surface area contributed by atoms with Gasteiger partial charge in [0, 0.05) is 39.8 Å². The lowest BCUT2D eigenvalue weighted by Crippen LogP contribution is -2.38. The molecular formula is C23H31FN4O. The van der Waals surface area contributed by atoms with Crippen molar-refractivity contribution in [2.24, 2.45) is 4.99 Å². The summed E-state index contributed by atoms with van der Waals surface area (Å²) in [5.41, 5.74) is 4.66. The summed E-state index contributed by atoms with van der Waals surface area (Å²) >= 11 is 0. The summed E-state index contributed by atoms with van der Waals surface area (Å²) in [5, 5.41) is 6.67. The van der Waals surface area contributed by atoms with Gasteiger partial charge in [-0.05, 0) is 47.7 Å². The van der Waals surface area contributed by atoms with Crippen LogP contribution in [0.15, 0.2) is 47.5 Å². The highest BCUT2D eigenvalue weighted by Crippen LogP contribution is 2.11. The molecule has 29 heavy (non-hydrogen) atoms. The first-order valence-corrected chi connectivity index (χ1v) is 10.2. The van der Waals surface area contributed by atoms with Gasteiger partial charge in [-0.3, -0.25) is 9.89 Å². The lowest BCUT2D eigenvalue weighted by molar-refractivity contribution is 0.0342. The molecule has 0 unspecified atom stereocenters. The lowest BCUT2D eigenvalue weighted by atomic mass is 10.1. The zero-order valence-electron chi connectivity index (χ0n) is 17.4. The number of halogens is 1. The van der Waals surface area contributed by atoms with E-state index in [0.29, 0.717) is 6.54 Å². The number of nitrogens with zero attached hydrogens (tertiary/aromatic N) is 2. The zero-order valence-corrected chi connectivity index (χ0v) is 17.4. The van der Waals surface area contributed by atoms with E-state index in [2.05, 4.69) is 44.8 Å². The van der Waals surface area contributed by atoms with Gasteiger partial charge >= 0.3 is 0 Å². The maximum atomic E-state index is 13.2. The van der Waals surface area contributed by atoms with Crippen molar-refractivity contribution in [1.29, 1.82) is 0 Å². The summed E-state index contributed by atoms with van der Waals surface area (Å²) in [6.07, 6.45) is 0.822. The molecule has 156 valence electrons. The second-order valence-electron chi connectivity index (χ2n) is 7.38. The minimum atomic E-state index is -0.187. The molecular weight excluding hydrogens is 367 g/mol. The first-order valence-electron chi connectivity index (χ1n) is 10.2. The molecule has 2 aromatic carbocycles. The van der Waals surface area contributed by atoms with Gasteiger partial charge in [-0.15, -0.1) is 0 Å². The Labute approximate surface area is 173 Å². The van der Waals surface area contributed by atoms with E-state index in [-0.39, 0.29) is 5.82 Å². The van der Waals surface area contributed by atoms with E-state index in [1.807, 2.05) is 13.0 Å². The van der Waals surface area contributed by atoms with E-state index in [0.717, 1.165) is 62.9 Å². The van der Waals surface area contributed by atoms with Crippen molar-refractivity contribution in [2.45, 2.75) is 26.4 Å². The fourth-order valence-electron chi connectivity index (χ4n) is 3.44. The lowest BCUT2D eigenvalue weighted by Gasteiger charge is -2.26. The monoisotopic (exact) mass is 398 g/mol. The van der Waals surface area contributed by atoms with Crippen LogP contribution in [0.3, 0.4) is 0 Å². The van der Waals surface area contributed by atoms with Gasteiger partial charge in [0.25, 0.3) is 0 Å². The predicted octanol–water partition coefficient (Wildman–Crippen LogP) is 2.87. The number of morpholine rings is 1. The molecule has 0 bridgehead atoms. The van der Waals surface area contributed by atoms with Crippen LogP contribution >= 0.6 is 0 Å². The maximum absolute atomic E-state index is 13.2. The molecule has 0 saturated carbocycles. The molecule has 1 fully saturated rings. The van der Waals surface area contributed by atoms with Crippen LogP contribution in [0, 0.1) is 12.7 Å². The summed E-state index contributed by atoms with van der Waals surface area (Å²) in [5.74, 6) is 0.579. The molecule has 1 heterocycles. The van der Waals surface area contributed by atoms with E-state index >= 15 is 0 Å². The van der Waals surface area contributed by atoms with E-state index < -0.39 is 0 Å². The molecule has 0 aliphatic carbocycles. The third kappa shape index (κ3) is 6.84. The van der Waals surface area contributed by atoms with Gasteiger partial charge in [0.2, 0.25) is 0 Å². The molecule has 0 aromatic heterocycles. The molecule has 1 aliphatic rings. The van der Waals surface area contributed by atoms with Crippen LogP contribution in [-0.2, 0) is 24.2 Å². The van der Waals surface area contributed by atoms with Crippen LogP contribution in [0.25, 0.3) is 0 Å². The van der Waals surface area contributed by atoms with E-state index in [1.54, 1.807) is 13.1 Å². The highest BCUT2D eigenvalue weighted by molar-refractivity contribution is 5.79. The molecule has 0 atom stereocenters. The highest BCUT2D eigenvalue weighted by Gasteiger charge is 2.10. The van der Waals surface area contributed by atoms with Crippen LogP contribution in [0.4, 0.5) is 4.39 Å². The van der Waals surface area contributed by atoms with Crippen molar-refractivity contribution in [2.75, 3.05) is 39.9 Å². The van der Waals surface area contributed by atoms with E-state index in [9.17, 15) is 4.39 Å². The summed E-state index contributed by atoms with van der Waals surface area (Å²) in [6, 6.07) is 13.7.